The Morgan fingerprint density at radius 2 is 1.93 bits per heavy atom. The summed E-state index contributed by atoms with van der Waals surface area (Å²) in [4.78, 5) is 0. The van der Waals surface area contributed by atoms with Crippen LogP contribution in [0.1, 0.15) is 31.2 Å². The van der Waals surface area contributed by atoms with E-state index in [9.17, 15) is 0 Å². The number of hydrogen-bond donors (Lipinski definition) is 0. The predicted molar refractivity (Wildman–Crippen MR) is 61.8 cm³/mol. The molecule has 0 saturated heterocycles. The molecule has 1 aromatic rings. The van der Waals surface area contributed by atoms with Gasteiger partial charge in [0.2, 0.25) is 0 Å². The molecule has 2 heteroatoms. The van der Waals surface area contributed by atoms with E-state index < -0.39 is 0 Å². The topological polar surface area (TPSA) is 9.23 Å². The molecule has 76 valence electrons. The molecule has 0 aliphatic heterocycles. The molecule has 0 N–H and O–H groups in total. The van der Waals surface area contributed by atoms with Crippen LogP contribution in [0.3, 0.4) is 0 Å². The summed E-state index contributed by atoms with van der Waals surface area (Å²) >= 11 is 3.48. The molecule has 0 bridgehead atoms. The minimum absolute atomic E-state index is 0.448. The molecule has 0 amide bonds. The summed E-state index contributed by atoms with van der Waals surface area (Å²) in [6.07, 6.45) is 5.51. The summed E-state index contributed by atoms with van der Waals surface area (Å²) in [7, 11) is 0. The van der Waals surface area contributed by atoms with Gasteiger partial charge in [0.05, 0.1) is 6.10 Å². The van der Waals surface area contributed by atoms with E-state index in [-0.39, 0.29) is 0 Å². The van der Waals surface area contributed by atoms with E-state index in [2.05, 4.69) is 35.0 Å². The molecule has 1 nitrogen and oxygen atoms in total. The van der Waals surface area contributed by atoms with Crippen LogP contribution >= 0.6 is 15.9 Å². The van der Waals surface area contributed by atoms with Crippen molar-refractivity contribution in [2.75, 3.05) is 0 Å². The fourth-order valence-corrected chi connectivity index (χ4v) is 2.56. The van der Waals surface area contributed by atoms with Gasteiger partial charge in [0.25, 0.3) is 0 Å². The van der Waals surface area contributed by atoms with Gasteiger partial charge in [-0.05, 0) is 56.4 Å². The van der Waals surface area contributed by atoms with E-state index in [0.717, 1.165) is 10.2 Å². The van der Waals surface area contributed by atoms with Crippen molar-refractivity contribution in [3.63, 3.8) is 0 Å². The van der Waals surface area contributed by atoms with Crippen LogP contribution in [-0.2, 0) is 0 Å². The van der Waals surface area contributed by atoms with Crippen molar-refractivity contribution in [3.05, 3.63) is 28.2 Å². The van der Waals surface area contributed by atoms with Crippen LogP contribution in [0, 0.1) is 6.92 Å². The van der Waals surface area contributed by atoms with E-state index in [0.29, 0.717) is 6.10 Å². The fourth-order valence-electron chi connectivity index (χ4n) is 1.97. The maximum Gasteiger partial charge on any atom is 0.121 e. The zero-order valence-electron chi connectivity index (χ0n) is 8.42. The highest BCUT2D eigenvalue weighted by atomic mass is 79.9. The van der Waals surface area contributed by atoms with Crippen LogP contribution in [0.4, 0.5) is 0 Å². The number of rotatable bonds is 2. The van der Waals surface area contributed by atoms with Crippen LogP contribution in [-0.4, -0.2) is 6.10 Å². The van der Waals surface area contributed by atoms with Gasteiger partial charge < -0.3 is 4.74 Å². The second-order valence-corrected chi connectivity index (χ2v) is 4.90. The van der Waals surface area contributed by atoms with Gasteiger partial charge in [0, 0.05) is 4.47 Å². The Labute approximate surface area is 93.6 Å². The Hall–Kier alpha value is -0.500. The molecular formula is C12H15BrO. The van der Waals surface area contributed by atoms with Crippen molar-refractivity contribution in [2.45, 2.75) is 38.7 Å². The van der Waals surface area contributed by atoms with Crippen molar-refractivity contribution in [3.8, 4) is 5.75 Å². The molecule has 14 heavy (non-hydrogen) atoms. The molecule has 1 aliphatic rings. The first-order chi connectivity index (χ1) is 6.74. The van der Waals surface area contributed by atoms with Gasteiger partial charge >= 0.3 is 0 Å². The smallest absolute Gasteiger partial charge is 0.121 e. The lowest BCUT2D eigenvalue weighted by molar-refractivity contribution is 0.210. The normalized spacial score (nSPS) is 17.3. The van der Waals surface area contributed by atoms with Gasteiger partial charge in [-0.1, -0.05) is 15.9 Å². The van der Waals surface area contributed by atoms with E-state index in [1.165, 1.54) is 31.2 Å². The number of hydrogen-bond acceptors (Lipinski definition) is 1. The van der Waals surface area contributed by atoms with Gasteiger partial charge in [0.15, 0.2) is 0 Å². The zero-order valence-corrected chi connectivity index (χ0v) is 10.0. The molecule has 0 atom stereocenters. The molecule has 1 aromatic carbocycles. The summed E-state index contributed by atoms with van der Waals surface area (Å²) in [6.45, 7) is 2.09. The Kier molecular flexibility index (Phi) is 3.12. The second kappa shape index (κ2) is 4.35. The standard InChI is InChI=1S/C12H15BrO/c1-9-6-10(13)8-12(7-9)14-11-4-2-3-5-11/h6-8,11H,2-5H2,1H3. The first-order valence-electron chi connectivity index (χ1n) is 5.18. The monoisotopic (exact) mass is 254 g/mol. The summed E-state index contributed by atoms with van der Waals surface area (Å²) < 4.78 is 7.01. The molecule has 0 spiro atoms. The molecule has 0 heterocycles. The second-order valence-electron chi connectivity index (χ2n) is 3.99. The maximum atomic E-state index is 5.91. The van der Waals surface area contributed by atoms with Crippen LogP contribution in [0.2, 0.25) is 0 Å². The Balaban J connectivity index is 2.07. The molecule has 1 fully saturated rings. The molecule has 0 radical (unpaired) electrons. The number of benzene rings is 1. The van der Waals surface area contributed by atoms with Crippen LogP contribution in [0.15, 0.2) is 22.7 Å². The number of ether oxygens (including phenoxy) is 1. The highest BCUT2D eigenvalue weighted by Gasteiger charge is 2.16. The molecule has 0 aromatic heterocycles. The lowest BCUT2D eigenvalue weighted by atomic mass is 10.2. The predicted octanol–water partition coefficient (Wildman–Crippen LogP) is 4.08. The van der Waals surface area contributed by atoms with Gasteiger partial charge in [-0.15, -0.1) is 0 Å². The van der Waals surface area contributed by atoms with Crippen LogP contribution in [0.5, 0.6) is 5.75 Å². The third-order valence-corrected chi connectivity index (χ3v) is 3.08. The fraction of sp³-hybridized carbons (Fsp3) is 0.500. The third kappa shape index (κ3) is 2.50. The average molecular weight is 255 g/mol. The van der Waals surface area contributed by atoms with E-state index in [4.69, 9.17) is 4.74 Å². The Morgan fingerprint density at radius 3 is 2.57 bits per heavy atom. The van der Waals surface area contributed by atoms with Crippen LogP contribution < -0.4 is 4.74 Å². The first-order valence-corrected chi connectivity index (χ1v) is 5.97. The minimum Gasteiger partial charge on any atom is -0.490 e. The third-order valence-electron chi connectivity index (χ3n) is 2.62. The van der Waals surface area contributed by atoms with Crippen LogP contribution in [0.25, 0.3) is 0 Å². The molecular weight excluding hydrogens is 240 g/mol. The highest BCUT2D eigenvalue weighted by Crippen LogP contribution is 2.27. The summed E-state index contributed by atoms with van der Waals surface area (Å²) in [5, 5.41) is 0. The average Bonchev–Trinajstić information content (AvgIpc) is 2.54. The maximum absolute atomic E-state index is 5.91. The van der Waals surface area contributed by atoms with E-state index >= 15 is 0 Å². The summed E-state index contributed by atoms with van der Waals surface area (Å²) in [5.74, 6) is 1.00. The van der Waals surface area contributed by atoms with Crippen molar-refractivity contribution in [1.82, 2.24) is 0 Å². The molecule has 1 aliphatic carbocycles. The lowest BCUT2D eigenvalue weighted by Gasteiger charge is -2.13. The van der Waals surface area contributed by atoms with Crippen molar-refractivity contribution in [1.29, 1.82) is 0 Å². The summed E-state index contributed by atoms with van der Waals surface area (Å²) in [5.41, 5.74) is 1.24. The Bertz CT molecular complexity index is 296. The van der Waals surface area contributed by atoms with Gasteiger partial charge in [-0.3, -0.25) is 0 Å². The Morgan fingerprint density at radius 1 is 1.21 bits per heavy atom. The van der Waals surface area contributed by atoms with Gasteiger partial charge in [0.1, 0.15) is 5.75 Å². The van der Waals surface area contributed by atoms with E-state index in [1.54, 1.807) is 0 Å². The van der Waals surface area contributed by atoms with E-state index in [1.807, 2.05) is 6.07 Å². The zero-order chi connectivity index (χ0) is 9.97. The summed E-state index contributed by atoms with van der Waals surface area (Å²) in [6, 6.07) is 6.25. The largest absolute Gasteiger partial charge is 0.490 e. The molecule has 2 rings (SSSR count). The highest BCUT2D eigenvalue weighted by molar-refractivity contribution is 9.10. The van der Waals surface area contributed by atoms with Crippen molar-refractivity contribution in [2.24, 2.45) is 0 Å². The van der Waals surface area contributed by atoms with Gasteiger partial charge in [-0.25, -0.2) is 0 Å². The van der Waals surface area contributed by atoms with Crippen molar-refractivity contribution < 1.29 is 4.74 Å². The molecule has 1 saturated carbocycles. The number of halogens is 1. The first kappa shape index (κ1) is 10.0. The minimum atomic E-state index is 0.448. The number of aryl methyl sites for hydroxylation is 1. The van der Waals surface area contributed by atoms with Crippen molar-refractivity contribution >= 4 is 15.9 Å². The lowest BCUT2D eigenvalue weighted by Crippen LogP contribution is -2.10. The quantitative estimate of drug-likeness (QED) is 0.773. The van der Waals surface area contributed by atoms with Gasteiger partial charge in [-0.2, -0.15) is 0 Å². The SMILES string of the molecule is Cc1cc(Br)cc(OC2CCCC2)c1. The molecule has 0 unspecified atom stereocenters.